The molecule has 6 nitrogen and oxygen atoms in total. The van der Waals surface area contributed by atoms with Gasteiger partial charge in [0.15, 0.2) is 0 Å². The standard InChI is InChI=1S/C19H17NO5/c1-22-13-9-16(23-2)14(17(10-13)24-3)11-15-18(20-25-19(15)21)12-7-5-4-6-8-12/h4-11H,1-3H3/b15-11-. The first-order valence-electron chi connectivity index (χ1n) is 7.54. The molecule has 0 saturated heterocycles. The highest BCUT2D eigenvalue weighted by molar-refractivity contribution is 6.31. The fourth-order valence-electron chi connectivity index (χ4n) is 2.53. The third kappa shape index (κ3) is 3.19. The lowest BCUT2D eigenvalue weighted by atomic mass is 10.00. The number of carbonyl (C=O) groups excluding carboxylic acids is 1. The smallest absolute Gasteiger partial charge is 0.368 e. The molecule has 0 saturated carbocycles. The monoisotopic (exact) mass is 339 g/mol. The van der Waals surface area contributed by atoms with Crippen LogP contribution in [0.2, 0.25) is 0 Å². The number of carbonyl (C=O) groups is 1. The van der Waals surface area contributed by atoms with E-state index < -0.39 is 5.97 Å². The zero-order valence-corrected chi connectivity index (χ0v) is 14.1. The van der Waals surface area contributed by atoms with Gasteiger partial charge in [-0.15, -0.1) is 0 Å². The van der Waals surface area contributed by atoms with Crippen LogP contribution in [0.3, 0.4) is 0 Å². The first-order chi connectivity index (χ1) is 12.2. The molecule has 0 radical (unpaired) electrons. The molecule has 0 bridgehead atoms. The molecule has 0 amide bonds. The molecule has 2 aromatic rings. The van der Waals surface area contributed by atoms with Crippen molar-refractivity contribution < 1.29 is 23.8 Å². The van der Waals surface area contributed by atoms with Crippen LogP contribution < -0.4 is 14.2 Å². The lowest BCUT2D eigenvalue weighted by Crippen LogP contribution is -2.07. The Kier molecular flexibility index (Phi) is 4.70. The van der Waals surface area contributed by atoms with Crippen LogP contribution in [0.4, 0.5) is 0 Å². The summed E-state index contributed by atoms with van der Waals surface area (Å²) in [5.74, 6) is 1.08. The van der Waals surface area contributed by atoms with E-state index in [9.17, 15) is 4.79 Å². The maximum atomic E-state index is 12.2. The van der Waals surface area contributed by atoms with Crippen LogP contribution in [0.25, 0.3) is 6.08 Å². The van der Waals surface area contributed by atoms with Gasteiger partial charge in [0, 0.05) is 17.7 Å². The third-order valence-corrected chi connectivity index (χ3v) is 3.78. The van der Waals surface area contributed by atoms with E-state index in [4.69, 9.17) is 19.0 Å². The van der Waals surface area contributed by atoms with Crippen molar-refractivity contribution in [3.63, 3.8) is 0 Å². The minimum Gasteiger partial charge on any atom is -0.496 e. The van der Waals surface area contributed by atoms with E-state index in [1.165, 1.54) is 14.2 Å². The van der Waals surface area contributed by atoms with E-state index >= 15 is 0 Å². The number of rotatable bonds is 5. The molecule has 0 aromatic heterocycles. The van der Waals surface area contributed by atoms with Crippen LogP contribution in [-0.4, -0.2) is 33.0 Å². The largest absolute Gasteiger partial charge is 0.496 e. The lowest BCUT2D eigenvalue weighted by Gasteiger charge is -2.13. The quantitative estimate of drug-likeness (QED) is 0.619. The van der Waals surface area contributed by atoms with Gasteiger partial charge in [0.1, 0.15) is 23.0 Å². The van der Waals surface area contributed by atoms with Gasteiger partial charge in [-0.1, -0.05) is 35.5 Å². The van der Waals surface area contributed by atoms with Gasteiger partial charge in [0.25, 0.3) is 0 Å². The predicted molar refractivity (Wildman–Crippen MR) is 93.1 cm³/mol. The number of benzene rings is 2. The third-order valence-electron chi connectivity index (χ3n) is 3.78. The topological polar surface area (TPSA) is 66.4 Å². The first-order valence-corrected chi connectivity index (χ1v) is 7.54. The summed E-state index contributed by atoms with van der Waals surface area (Å²) in [5, 5.41) is 3.90. The Morgan fingerprint density at radius 1 is 0.960 bits per heavy atom. The van der Waals surface area contributed by atoms with Crippen LogP contribution >= 0.6 is 0 Å². The molecule has 0 N–H and O–H groups in total. The molecule has 0 unspecified atom stereocenters. The van der Waals surface area contributed by atoms with Crippen LogP contribution in [0.5, 0.6) is 17.2 Å². The molecular weight excluding hydrogens is 322 g/mol. The van der Waals surface area contributed by atoms with Crippen molar-refractivity contribution in [3.05, 3.63) is 59.2 Å². The van der Waals surface area contributed by atoms with Gasteiger partial charge >= 0.3 is 5.97 Å². The number of oxime groups is 1. The molecule has 0 fully saturated rings. The first kappa shape index (κ1) is 16.6. The zero-order valence-electron chi connectivity index (χ0n) is 14.1. The van der Waals surface area contributed by atoms with Crippen molar-refractivity contribution in [2.24, 2.45) is 5.16 Å². The summed E-state index contributed by atoms with van der Waals surface area (Å²) in [5.41, 5.74) is 2.17. The maximum absolute atomic E-state index is 12.2. The number of hydrogen-bond acceptors (Lipinski definition) is 6. The highest BCUT2D eigenvalue weighted by atomic mass is 16.7. The normalized spacial score (nSPS) is 14.9. The van der Waals surface area contributed by atoms with E-state index in [0.717, 1.165) is 5.56 Å². The van der Waals surface area contributed by atoms with Gasteiger partial charge in [-0.2, -0.15) is 0 Å². The molecule has 0 atom stereocenters. The van der Waals surface area contributed by atoms with Crippen LogP contribution in [0, 0.1) is 0 Å². The second-order valence-corrected chi connectivity index (χ2v) is 5.19. The van der Waals surface area contributed by atoms with Gasteiger partial charge < -0.3 is 19.0 Å². The summed E-state index contributed by atoms with van der Waals surface area (Å²) in [4.78, 5) is 17.0. The van der Waals surface area contributed by atoms with E-state index in [-0.39, 0.29) is 0 Å². The molecule has 6 heteroatoms. The molecule has 0 spiro atoms. The van der Waals surface area contributed by atoms with Gasteiger partial charge in [-0.25, -0.2) is 4.79 Å². The minimum atomic E-state index is -0.529. The Labute approximate surface area is 145 Å². The Hall–Kier alpha value is -3.28. The van der Waals surface area contributed by atoms with Crippen molar-refractivity contribution in [1.29, 1.82) is 0 Å². The molecule has 0 aliphatic carbocycles. The van der Waals surface area contributed by atoms with E-state index in [1.807, 2.05) is 30.3 Å². The summed E-state index contributed by atoms with van der Waals surface area (Å²) in [7, 11) is 4.63. The molecule has 1 aliphatic rings. The Morgan fingerprint density at radius 2 is 1.60 bits per heavy atom. The van der Waals surface area contributed by atoms with Crippen molar-refractivity contribution in [2.75, 3.05) is 21.3 Å². The van der Waals surface area contributed by atoms with Crippen molar-refractivity contribution in [3.8, 4) is 17.2 Å². The van der Waals surface area contributed by atoms with Crippen LogP contribution in [0.1, 0.15) is 11.1 Å². The van der Waals surface area contributed by atoms with Gasteiger partial charge in [0.2, 0.25) is 0 Å². The number of hydrogen-bond donors (Lipinski definition) is 0. The predicted octanol–water partition coefficient (Wildman–Crippen LogP) is 3.06. The molecule has 128 valence electrons. The average Bonchev–Trinajstić information content (AvgIpc) is 3.03. The van der Waals surface area contributed by atoms with Crippen molar-refractivity contribution >= 4 is 17.8 Å². The molecule has 1 aliphatic heterocycles. The summed E-state index contributed by atoms with van der Waals surface area (Å²) in [6.45, 7) is 0. The average molecular weight is 339 g/mol. The molecule has 2 aromatic carbocycles. The molecular formula is C19H17NO5. The highest BCUT2D eigenvalue weighted by Gasteiger charge is 2.28. The molecule has 1 heterocycles. The Bertz CT molecular complexity index is 830. The SMILES string of the molecule is COc1cc(OC)c(/C=C2\C(=O)ON=C2c2ccccc2)c(OC)c1. The molecule has 3 rings (SSSR count). The number of methoxy groups -OCH3 is 3. The highest BCUT2D eigenvalue weighted by Crippen LogP contribution is 2.36. The summed E-state index contributed by atoms with van der Waals surface area (Å²) >= 11 is 0. The minimum absolute atomic E-state index is 0.327. The summed E-state index contributed by atoms with van der Waals surface area (Å²) < 4.78 is 16.1. The van der Waals surface area contributed by atoms with Crippen molar-refractivity contribution in [1.82, 2.24) is 0 Å². The van der Waals surface area contributed by atoms with Crippen LogP contribution in [0.15, 0.2) is 53.2 Å². The van der Waals surface area contributed by atoms with Crippen LogP contribution in [-0.2, 0) is 9.63 Å². The Balaban J connectivity index is 2.13. The van der Waals surface area contributed by atoms with Crippen molar-refractivity contribution in [2.45, 2.75) is 0 Å². The van der Waals surface area contributed by atoms with Gasteiger partial charge in [0.05, 0.1) is 32.5 Å². The summed E-state index contributed by atoms with van der Waals surface area (Å²) in [6.07, 6.45) is 1.65. The van der Waals surface area contributed by atoms with Gasteiger partial charge in [-0.05, 0) is 6.08 Å². The number of nitrogens with zero attached hydrogens (tertiary/aromatic N) is 1. The summed E-state index contributed by atoms with van der Waals surface area (Å²) in [6, 6.07) is 12.8. The second-order valence-electron chi connectivity index (χ2n) is 5.19. The zero-order chi connectivity index (χ0) is 17.8. The van der Waals surface area contributed by atoms with Gasteiger partial charge in [-0.3, -0.25) is 0 Å². The fourth-order valence-corrected chi connectivity index (χ4v) is 2.53. The number of ether oxygens (including phenoxy) is 3. The molecule has 25 heavy (non-hydrogen) atoms. The second kappa shape index (κ2) is 7.09. The van der Waals surface area contributed by atoms with E-state index in [1.54, 1.807) is 25.3 Å². The Morgan fingerprint density at radius 3 is 2.16 bits per heavy atom. The fraction of sp³-hybridized carbons (Fsp3) is 0.158. The lowest BCUT2D eigenvalue weighted by molar-refractivity contribution is -0.136. The van der Waals surface area contributed by atoms with E-state index in [0.29, 0.717) is 34.1 Å². The van der Waals surface area contributed by atoms with E-state index in [2.05, 4.69) is 5.16 Å². The maximum Gasteiger partial charge on any atom is 0.368 e.